The zero-order chi connectivity index (χ0) is 18.9. The lowest BCUT2D eigenvalue weighted by atomic mass is 10.00. The molecule has 1 aliphatic heterocycles. The van der Waals surface area contributed by atoms with Crippen LogP contribution in [0.3, 0.4) is 0 Å². The average molecular weight is 378 g/mol. The van der Waals surface area contributed by atoms with Crippen LogP contribution in [0.1, 0.15) is 17.5 Å². The van der Waals surface area contributed by atoms with Gasteiger partial charge in [0.15, 0.2) is 15.1 Å². The molecule has 0 spiro atoms. The third kappa shape index (κ3) is 3.39. The van der Waals surface area contributed by atoms with Crippen molar-refractivity contribution in [1.82, 2.24) is 0 Å². The molecule has 0 radical (unpaired) electrons. The van der Waals surface area contributed by atoms with Gasteiger partial charge in [0, 0.05) is 12.0 Å². The van der Waals surface area contributed by atoms with E-state index in [1.54, 1.807) is 19.1 Å². The van der Waals surface area contributed by atoms with E-state index in [2.05, 4.69) is 0 Å². The zero-order valence-corrected chi connectivity index (χ0v) is 14.7. The maximum absolute atomic E-state index is 14.1. The number of allylic oxidation sites excluding steroid dienone is 1. The van der Waals surface area contributed by atoms with Crippen molar-refractivity contribution in [2.24, 2.45) is 0 Å². The monoisotopic (exact) mass is 378 g/mol. The van der Waals surface area contributed by atoms with Crippen LogP contribution in [-0.4, -0.2) is 26.2 Å². The second-order valence-electron chi connectivity index (χ2n) is 6.01. The molecule has 0 bridgehead atoms. The SMILES string of the molecule is Cc1ccc(S(=O)(=O)C2CC(c3c(F)cccc3F)=CCOC2=O)cc1. The molecule has 2 aromatic rings. The minimum atomic E-state index is -4.08. The van der Waals surface area contributed by atoms with E-state index in [1.807, 2.05) is 0 Å². The predicted octanol–water partition coefficient (Wildman–Crippen LogP) is 3.45. The van der Waals surface area contributed by atoms with E-state index < -0.39 is 32.7 Å². The number of sulfone groups is 1. The quantitative estimate of drug-likeness (QED) is 0.768. The summed E-state index contributed by atoms with van der Waals surface area (Å²) in [5, 5.41) is -1.57. The standard InChI is InChI=1S/C19H16F2O4S/c1-12-5-7-14(8-6-12)26(23,24)17-11-13(9-10-25-19(17)22)18-15(20)3-2-4-16(18)21/h2-9,17H,10-11H2,1H3. The van der Waals surface area contributed by atoms with Gasteiger partial charge < -0.3 is 4.74 Å². The highest BCUT2D eigenvalue weighted by Gasteiger charge is 2.38. The minimum Gasteiger partial charge on any atom is -0.460 e. The van der Waals surface area contributed by atoms with Gasteiger partial charge in [-0.15, -0.1) is 0 Å². The van der Waals surface area contributed by atoms with Crippen LogP contribution in [0.2, 0.25) is 0 Å². The van der Waals surface area contributed by atoms with Gasteiger partial charge in [0.1, 0.15) is 18.2 Å². The summed E-state index contributed by atoms with van der Waals surface area (Å²) in [6.45, 7) is 1.56. The molecule has 2 aromatic carbocycles. The van der Waals surface area contributed by atoms with Gasteiger partial charge in [-0.25, -0.2) is 17.2 Å². The molecule has 26 heavy (non-hydrogen) atoms. The van der Waals surface area contributed by atoms with E-state index in [-0.39, 0.29) is 29.1 Å². The minimum absolute atomic E-state index is 0.0414. The van der Waals surface area contributed by atoms with Crippen molar-refractivity contribution < 1.29 is 26.7 Å². The molecule has 0 aromatic heterocycles. The summed E-state index contributed by atoms with van der Waals surface area (Å²) < 4.78 is 58.9. The number of cyclic esters (lactones) is 1. The normalized spacial score (nSPS) is 18.0. The number of carbonyl (C=O) groups is 1. The molecule has 1 heterocycles. The number of ether oxygens (including phenoxy) is 1. The van der Waals surface area contributed by atoms with Crippen molar-refractivity contribution in [3.63, 3.8) is 0 Å². The molecule has 0 amide bonds. The van der Waals surface area contributed by atoms with Crippen LogP contribution >= 0.6 is 0 Å². The number of esters is 1. The molecule has 3 rings (SSSR count). The number of benzene rings is 2. The fraction of sp³-hybridized carbons (Fsp3) is 0.211. The summed E-state index contributed by atoms with van der Waals surface area (Å²) in [6, 6.07) is 9.40. The zero-order valence-electron chi connectivity index (χ0n) is 13.9. The molecule has 0 saturated carbocycles. The number of hydrogen-bond donors (Lipinski definition) is 0. The van der Waals surface area contributed by atoms with Crippen molar-refractivity contribution >= 4 is 21.4 Å². The van der Waals surface area contributed by atoms with Gasteiger partial charge in [-0.2, -0.15) is 0 Å². The van der Waals surface area contributed by atoms with Crippen LogP contribution in [0.4, 0.5) is 8.78 Å². The Labute approximate surface area is 150 Å². The molecule has 4 nitrogen and oxygen atoms in total. The first-order valence-corrected chi connectivity index (χ1v) is 9.46. The lowest BCUT2D eigenvalue weighted by Gasteiger charge is -2.16. The first kappa shape index (κ1) is 18.3. The average Bonchev–Trinajstić information content (AvgIpc) is 2.77. The Kier molecular flexibility index (Phi) is 4.91. The van der Waals surface area contributed by atoms with Gasteiger partial charge in [-0.1, -0.05) is 23.8 Å². The Bertz CT molecular complexity index is 959. The smallest absolute Gasteiger partial charge is 0.325 e. The lowest BCUT2D eigenvalue weighted by molar-refractivity contribution is -0.141. The maximum atomic E-state index is 14.1. The van der Waals surface area contributed by atoms with Crippen LogP contribution in [0.15, 0.2) is 53.4 Å². The largest absolute Gasteiger partial charge is 0.460 e. The Morgan fingerprint density at radius 1 is 1.04 bits per heavy atom. The third-order valence-corrected chi connectivity index (χ3v) is 6.27. The number of hydrogen-bond acceptors (Lipinski definition) is 4. The van der Waals surface area contributed by atoms with Gasteiger partial charge in [-0.3, -0.25) is 4.79 Å². The summed E-state index contributed by atoms with van der Waals surface area (Å²) in [5.41, 5.74) is 0.614. The van der Waals surface area contributed by atoms with Crippen molar-refractivity contribution in [3.8, 4) is 0 Å². The summed E-state index contributed by atoms with van der Waals surface area (Å²) in [6.07, 6.45) is 0.969. The molecule has 1 unspecified atom stereocenters. The Morgan fingerprint density at radius 3 is 2.27 bits per heavy atom. The Hall–Kier alpha value is -2.54. The molecule has 0 aliphatic carbocycles. The number of carbonyl (C=O) groups excluding carboxylic acids is 1. The van der Waals surface area contributed by atoms with Crippen molar-refractivity contribution in [2.75, 3.05) is 6.61 Å². The van der Waals surface area contributed by atoms with Crippen LogP contribution in [-0.2, 0) is 19.4 Å². The molecule has 0 N–H and O–H groups in total. The van der Waals surface area contributed by atoms with Crippen molar-refractivity contribution in [1.29, 1.82) is 0 Å². The second-order valence-corrected chi connectivity index (χ2v) is 8.14. The molecular weight excluding hydrogens is 362 g/mol. The van der Waals surface area contributed by atoms with E-state index in [9.17, 15) is 22.0 Å². The van der Waals surface area contributed by atoms with Crippen molar-refractivity contribution in [2.45, 2.75) is 23.5 Å². The van der Waals surface area contributed by atoms with Crippen LogP contribution in [0.25, 0.3) is 5.57 Å². The topological polar surface area (TPSA) is 60.4 Å². The van der Waals surface area contributed by atoms with Gasteiger partial charge in [0.25, 0.3) is 0 Å². The summed E-state index contributed by atoms with van der Waals surface area (Å²) in [5.74, 6) is -2.58. The van der Waals surface area contributed by atoms with E-state index in [0.717, 1.165) is 17.7 Å². The van der Waals surface area contributed by atoms with Gasteiger partial charge in [-0.05, 0) is 42.8 Å². The first-order chi connectivity index (χ1) is 12.3. The van der Waals surface area contributed by atoms with Crippen LogP contribution < -0.4 is 0 Å². The van der Waals surface area contributed by atoms with Crippen LogP contribution in [0, 0.1) is 18.6 Å². The molecular formula is C19H16F2O4S. The van der Waals surface area contributed by atoms with Gasteiger partial charge in [0.2, 0.25) is 0 Å². The third-order valence-electron chi connectivity index (χ3n) is 4.23. The molecule has 0 fully saturated rings. The predicted molar refractivity (Wildman–Crippen MR) is 92.1 cm³/mol. The van der Waals surface area contributed by atoms with E-state index >= 15 is 0 Å². The fourth-order valence-corrected chi connectivity index (χ4v) is 4.39. The molecule has 7 heteroatoms. The van der Waals surface area contributed by atoms with E-state index in [1.165, 1.54) is 24.3 Å². The van der Waals surface area contributed by atoms with Gasteiger partial charge in [0.05, 0.1) is 4.90 Å². The molecule has 1 atom stereocenters. The number of rotatable bonds is 3. The van der Waals surface area contributed by atoms with E-state index in [0.29, 0.717) is 0 Å². The highest BCUT2D eigenvalue weighted by Crippen LogP contribution is 2.32. The van der Waals surface area contributed by atoms with Crippen molar-refractivity contribution in [3.05, 3.63) is 71.3 Å². The summed E-state index contributed by atoms with van der Waals surface area (Å²) in [7, 11) is -4.08. The maximum Gasteiger partial charge on any atom is 0.325 e. The molecule has 1 aliphatic rings. The molecule has 136 valence electrons. The Balaban J connectivity index is 2.03. The second kappa shape index (κ2) is 6.99. The molecule has 0 saturated heterocycles. The highest BCUT2D eigenvalue weighted by atomic mass is 32.2. The van der Waals surface area contributed by atoms with Gasteiger partial charge >= 0.3 is 5.97 Å². The number of halogens is 2. The number of aryl methyl sites for hydroxylation is 1. The highest BCUT2D eigenvalue weighted by molar-refractivity contribution is 7.92. The summed E-state index contributed by atoms with van der Waals surface area (Å²) >= 11 is 0. The lowest BCUT2D eigenvalue weighted by Crippen LogP contribution is -2.31. The summed E-state index contributed by atoms with van der Waals surface area (Å²) in [4.78, 5) is 12.2. The first-order valence-electron chi connectivity index (χ1n) is 7.91. The fourth-order valence-electron chi connectivity index (χ4n) is 2.82. The van der Waals surface area contributed by atoms with Crippen LogP contribution in [0.5, 0.6) is 0 Å². The van der Waals surface area contributed by atoms with E-state index in [4.69, 9.17) is 4.74 Å². The Morgan fingerprint density at radius 2 is 1.65 bits per heavy atom.